The SMILES string of the molecule is Cc1nnc(N2C[C@@H]3CCCN[C@@H]3C2)c(C#N)c1C. The van der Waals surface area contributed by atoms with Crippen LogP contribution in [-0.4, -0.2) is 35.9 Å². The van der Waals surface area contributed by atoms with Crippen molar-refractivity contribution in [2.45, 2.75) is 32.7 Å². The molecule has 2 fully saturated rings. The number of nitrogens with one attached hydrogen (secondary N) is 1. The molecule has 1 N–H and O–H groups in total. The van der Waals surface area contributed by atoms with E-state index in [1.807, 2.05) is 13.8 Å². The summed E-state index contributed by atoms with van der Waals surface area (Å²) in [6, 6.07) is 2.84. The van der Waals surface area contributed by atoms with Crippen molar-refractivity contribution in [2.24, 2.45) is 5.92 Å². The van der Waals surface area contributed by atoms with Gasteiger partial charge in [0.05, 0.1) is 5.69 Å². The van der Waals surface area contributed by atoms with E-state index in [2.05, 4.69) is 26.5 Å². The molecular formula is C14H19N5. The largest absolute Gasteiger partial charge is 0.352 e. The summed E-state index contributed by atoms with van der Waals surface area (Å²) in [7, 11) is 0. The zero-order chi connectivity index (χ0) is 13.4. The number of aryl methyl sites for hydroxylation is 1. The van der Waals surface area contributed by atoms with Gasteiger partial charge in [0, 0.05) is 19.1 Å². The third-order valence-electron chi connectivity index (χ3n) is 4.45. The number of piperidine rings is 1. The van der Waals surface area contributed by atoms with E-state index < -0.39 is 0 Å². The molecule has 2 aliphatic rings. The molecule has 1 aromatic heterocycles. The van der Waals surface area contributed by atoms with Crippen LogP contribution < -0.4 is 10.2 Å². The van der Waals surface area contributed by atoms with E-state index >= 15 is 0 Å². The van der Waals surface area contributed by atoms with Crippen molar-refractivity contribution in [1.29, 1.82) is 5.26 Å². The van der Waals surface area contributed by atoms with Crippen LogP contribution in [0, 0.1) is 31.1 Å². The molecule has 3 rings (SSSR count). The van der Waals surface area contributed by atoms with Gasteiger partial charge in [0.25, 0.3) is 0 Å². The molecule has 1 aromatic rings. The van der Waals surface area contributed by atoms with Gasteiger partial charge in [-0.25, -0.2) is 0 Å². The average Bonchev–Trinajstić information content (AvgIpc) is 2.85. The van der Waals surface area contributed by atoms with Gasteiger partial charge in [-0.1, -0.05) is 0 Å². The molecule has 0 amide bonds. The molecule has 0 spiro atoms. The molecule has 0 radical (unpaired) electrons. The van der Waals surface area contributed by atoms with Crippen LogP contribution in [-0.2, 0) is 0 Å². The summed E-state index contributed by atoms with van der Waals surface area (Å²) >= 11 is 0. The van der Waals surface area contributed by atoms with Crippen LogP contribution in [0.3, 0.4) is 0 Å². The molecule has 5 nitrogen and oxygen atoms in total. The summed E-state index contributed by atoms with van der Waals surface area (Å²) in [6.45, 7) is 6.89. The third kappa shape index (κ3) is 2.06. The topological polar surface area (TPSA) is 64.8 Å². The van der Waals surface area contributed by atoms with E-state index in [4.69, 9.17) is 0 Å². The van der Waals surface area contributed by atoms with Crippen molar-refractivity contribution in [3.63, 3.8) is 0 Å². The molecule has 19 heavy (non-hydrogen) atoms. The van der Waals surface area contributed by atoms with E-state index in [1.54, 1.807) is 0 Å². The minimum atomic E-state index is 0.545. The number of rotatable bonds is 1. The molecule has 0 aromatic carbocycles. The molecule has 100 valence electrons. The maximum atomic E-state index is 9.38. The Bertz CT molecular complexity index is 519. The van der Waals surface area contributed by atoms with E-state index in [-0.39, 0.29) is 0 Å². The fourth-order valence-electron chi connectivity index (χ4n) is 3.17. The van der Waals surface area contributed by atoms with Gasteiger partial charge in [-0.3, -0.25) is 0 Å². The van der Waals surface area contributed by atoms with Crippen LogP contribution in [0.5, 0.6) is 0 Å². The fourth-order valence-corrected chi connectivity index (χ4v) is 3.17. The Morgan fingerprint density at radius 2 is 2.16 bits per heavy atom. The summed E-state index contributed by atoms with van der Waals surface area (Å²) in [5.41, 5.74) is 2.48. The second-order valence-corrected chi connectivity index (χ2v) is 5.59. The summed E-state index contributed by atoms with van der Waals surface area (Å²) in [5, 5.41) is 21.4. The number of nitrogens with zero attached hydrogens (tertiary/aromatic N) is 4. The summed E-state index contributed by atoms with van der Waals surface area (Å²) in [5.74, 6) is 1.45. The number of nitriles is 1. The molecular weight excluding hydrogens is 238 g/mol. The fraction of sp³-hybridized carbons (Fsp3) is 0.643. The van der Waals surface area contributed by atoms with E-state index in [0.717, 1.165) is 36.7 Å². The summed E-state index contributed by atoms with van der Waals surface area (Å²) in [6.07, 6.45) is 2.52. The lowest BCUT2D eigenvalue weighted by atomic mass is 9.94. The molecule has 0 unspecified atom stereocenters. The molecule has 0 saturated carbocycles. The molecule has 5 heteroatoms. The first kappa shape index (κ1) is 12.4. The van der Waals surface area contributed by atoms with Crippen molar-refractivity contribution in [3.05, 3.63) is 16.8 Å². The highest BCUT2D eigenvalue weighted by Gasteiger charge is 2.36. The Balaban J connectivity index is 1.91. The Kier molecular flexibility index (Phi) is 3.11. The van der Waals surface area contributed by atoms with Crippen LogP contribution in [0.1, 0.15) is 29.7 Å². The van der Waals surface area contributed by atoms with Crippen LogP contribution in [0.15, 0.2) is 0 Å². The van der Waals surface area contributed by atoms with Gasteiger partial charge in [0.15, 0.2) is 5.82 Å². The molecule has 2 saturated heterocycles. The van der Waals surface area contributed by atoms with Crippen molar-refractivity contribution >= 4 is 5.82 Å². The van der Waals surface area contributed by atoms with Crippen molar-refractivity contribution in [3.8, 4) is 6.07 Å². The minimum Gasteiger partial charge on any atom is -0.352 e. The molecule has 3 heterocycles. The first-order chi connectivity index (χ1) is 9.20. The average molecular weight is 257 g/mol. The van der Waals surface area contributed by atoms with Gasteiger partial charge in [-0.05, 0) is 44.7 Å². The Labute approximate surface area is 113 Å². The molecule has 0 bridgehead atoms. The number of hydrogen-bond acceptors (Lipinski definition) is 5. The Morgan fingerprint density at radius 3 is 2.89 bits per heavy atom. The van der Waals surface area contributed by atoms with Crippen LogP contribution in [0.2, 0.25) is 0 Å². The highest BCUT2D eigenvalue weighted by atomic mass is 15.3. The highest BCUT2D eigenvalue weighted by molar-refractivity contribution is 5.58. The summed E-state index contributed by atoms with van der Waals surface area (Å²) < 4.78 is 0. The lowest BCUT2D eigenvalue weighted by Crippen LogP contribution is -2.40. The standard InChI is InChI=1S/C14H19N5/c1-9-10(2)17-18-14(12(9)6-15)19-7-11-4-3-5-16-13(11)8-19/h11,13,16H,3-5,7-8H2,1-2H3/t11-,13+/m0/s1. The van der Waals surface area contributed by atoms with Gasteiger partial charge in [-0.2, -0.15) is 10.4 Å². The lowest BCUT2D eigenvalue weighted by Gasteiger charge is -2.24. The number of hydrogen-bond donors (Lipinski definition) is 1. The predicted octanol–water partition coefficient (Wildman–Crippen LogP) is 1.15. The maximum Gasteiger partial charge on any atom is 0.169 e. The molecule has 2 aliphatic heterocycles. The van der Waals surface area contributed by atoms with Crippen molar-refractivity contribution < 1.29 is 0 Å². The number of anilines is 1. The lowest BCUT2D eigenvalue weighted by molar-refractivity contribution is 0.340. The zero-order valence-electron chi connectivity index (χ0n) is 11.5. The van der Waals surface area contributed by atoms with Crippen molar-refractivity contribution in [1.82, 2.24) is 15.5 Å². The Hall–Kier alpha value is -1.67. The Morgan fingerprint density at radius 1 is 1.32 bits per heavy atom. The smallest absolute Gasteiger partial charge is 0.169 e. The quantitative estimate of drug-likeness (QED) is 0.817. The molecule has 0 aliphatic carbocycles. The van der Waals surface area contributed by atoms with Crippen LogP contribution in [0.25, 0.3) is 0 Å². The van der Waals surface area contributed by atoms with Gasteiger partial charge < -0.3 is 10.2 Å². The second kappa shape index (κ2) is 4.78. The predicted molar refractivity (Wildman–Crippen MR) is 72.9 cm³/mol. The van der Waals surface area contributed by atoms with Crippen LogP contribution in [0.4, 0.5) is 5.82 Å². The van der Waals surface area contributed by atoms with Crippen LogP contribution >= 0.6 is 0 Å². The van der Waals surface area contributed by atoms with E-state index in [1.165, 1.54) is 12.8 Å². The first-order valence-corrected chi connectivity index (χ1v) is 6.93. The normalized spacial score (nSPS) is 26.1. The number of fused-ring (bicyclic) bond motifs is 1. The van der Waals surface area contributed by atoms with E-state index in [0.29, 0.717) is 17.5 Å². The monoisotopic (exact) mass is 257 g/mol. The first-order valence-electron chi connectivity index (χ1n) is 6.93. The maximum absolute atomic E-state index is 9.38. The van der Waals surface area contributed by atoms with E-state index in [9.17, 15) is 5.26 Å². The molecule has 2 atom stereocenters. The van der Waals surface area contributed by atoms with Gasteiger partial charge in [-0.15, -0.1) is 5.10 Å². The minimum absolute atomic E-state index is 0.545. The zero-order valence-corrected chi connectivity index (χ0v) is 11.5. The van der Waals surface area contributed by atoms with Gasteiger partial charge in [0.1, 0.15) is 11.6 Å². The second-order valence-electron chi connectivity index (χ2n) is 5.59. The van der Waals surface area contributed by atoms with Crippen molar-refractivity contribution in [2.75, 3.05) is 24.5 Å². The number of aromatic nitrogens is 2. The summed E-state index contributed by atoms with van der Waals surface area (Å²) in [4.78, 5) is 2.23. The van der Waals surface area contributed by atoms with Gasteiger partial charge in [0.2, 0.25) is 0 Å². The van der Waals surface area contributed by atoms with Gasteiger partial charge >= 0.3 is 0 Å². The third-order valence-corrected chi connectivity index (χ3v) is 4.45. The highest BCUT2D eigenvalue weighted by Crippen LogP contribution is 2.30.